The molecule has 0 amide bonds. The highest BCUT2D eigenvalue weighted by Crippen LogP contribution is 2.22. The molecule has 0 saturated carbocycles. The summed E-state index contributed by atoms with van der Waals surface area (Å²) >= 11 is 0. The van der Waals surface area contributed by atoms with E-state index < -0.39 is 15.9 Å². The van der Waals surface area contributed by atoms with Crippen molar-refractivity contribution in [2.24, 2.45) is 0 Å². The molecule has 3 aromatic carbocycles. The zero-order valence-electron chi connectivity index (χ0n) is 18.0. The van der Waals surface area contributed by atoms with Gasteiger partial charge >= 0.3 is 5.97 Å². The van der Waals surface area contributed by atoms with Gasteiger partial charge in [-0.15, -0.1) is 0 Å². The van der Waals surface area contributed by atoms with Crippen LogP contribution < -0.4 is 0 Å². The topological polar surface area (TPSA) is 63.7 Å². The van der Waals surface area contributed by atoms with Gasteiger partial charge in [0.1, 0.15) is 0 Å². The average Bonchev–Trinajstić information content (AvgIpc) is 2.78. The molecule has 6 heteroatoms. The molecule has 31 heavy (non-hydrogen) atoms. The third-order valence-electron chi connectivity index (χ3n) is 5.25. The lowest BCUT2D eigenvalue weighted by Gasteiger charge is -2.21. The van der Waals surface area contributed by atoms with Crippen molar-refractivity contribution in [1.82, 2.24) is 4.31 Å². The first kappa shape index (κ1) is 22.7. The normalized spacial score (nSPS) is 12.5. The summed E-state index contributed by atoms with van der Waals surface area (Å²) in [5.41, 5.74) is 4.72. The molecule has 0 radical (unpaired) electrons. The van der Waals surface area contributed by atoms with Gasteiger partial charge in [-0.3, -0.25) is 4.79 Å². The van der Waals surface area contributed by atoms with Gasteiger partial charge in [0.05, 0.1) is 19.3 Å². The van der Waals surface area contributed by atoms with Gasteiger partial charge in [0, 0.05) is 13.1 Å². The van der Waals surface area contributed by atoms with E-state index in [9.17, 15) is 13.2 Å². The van der Waals surface area contributed by atoms with Crippen LogP contribution in [0.4, 0.5) is 0 Å². The van der Waals surface area contributed by atoms with Gasteiger partial charge in [-0.25, -0.2) is 8.42 Å². The molecule has 162 valence electrons. The quantitative estimate of drug-likeness (QED) is 0.484. The van der Waals surface area contributed by atoms with E-state index in [2.05, 4.69) is 0 Å². The van der Waals surface area contributed by atoms with Gasteiger partial charge in [0.2, 0.25) is 10.0 Å². The van der Waals surface area contributed by atoms with Crippen molar-refractivity contribution in [3.8, 4) is 11.1 Å². The Hall–Kier alpha value is -2.96. The van der Waals surface area contributed by atoms with Crippen molar-refractivity contribution in [2.45, 2.75) is 25.9 Å². The zero-order chi connectivity index (χ0) is 22.4. The summed E-state index contributed by atoms with van der Waals surface area (Å²) in [6.07, 6.45) is 1.21. The molecular formula is C25H27NO4S. The van der Waals surface area contributed by atoms with E-state index in [1.807, 2.05) is 78.9 Å². The molecule has 0 N–H and O–H groups in total. The van der Waals surface area contributed by atoms with Gasteiger partial charge in [0.25, 0.3) is 0 Å². The number of ether oxygens (including phenoxy) is 1. The highest BCUT2D eigenvalue weighted by molar-refractivity contribution is 7.88. The molecule has 3 aromatic rings. The Morgan fingerprint density at radius 2 is 1.48 bits per heavy atom. The number of carbonyl (C=O) groups is 1. The Labute approximate surface area is 184 Å². The number of benzene rings is 3. The Balaban J connectivity index is 1.79. The predicted octanol–water partition coefficient (Wildman–Crippen LogP) is 4.59. The lowest BCUT2D eigenvalue weighted by Crippen LogP contribution is -2.29. The molecule has 0 aliphatic rings. The molecule has 0 heterocycles. The predicted molar refractivity (Wildman–Crippen MR) is 123 cm³/mol. The monoisotopic (exact) mass is 437 g/mol. The minimum absolute atomic E-state index is 0.223. The van der Waals surface area contributed by atoms with E-state index in [0.29, 0.717) is 0 Å². The van der Waals surface area contributed by atoms with E-state index in [1.54, 1.807) is 6.92 Å². The molecule has 0 fully saturated rings. The molecule has 1 atom stereocenters. The Bertz CT molecular complexity index is 1130. The number of rotatable bonds is 8. The van der Waals surface area contributed by atoms with Crippen molar-refractivity contribution in [3.05, 3.63) is 95.6 Å². The average molecular weight is 438 g/mol. The first-order valence-electron chi connectivity index (χ1n) is 10.0. The molecule has 0 bridgehead atoms. The fourth-order valence-corrected chi connectivity index (χ4v) is 4.17. The summed E-state index contributed by atoms with van der Waals surface area (Å²) in [7, 11) is -2.08. The minimum atomic E-state index is -3.44. The number of nitrogens with zero attached hydrogens (tertiary/aromatic N) is 1. The van der Waals surface area contributed by atoms with Crippen molar-refractivity contribution < 1.29 is 17.9 Å². The van der Waals surface area contributed by atoms with Crippen LogP contribution in [-0.4, -0.2) is 32.1 Å². The number of carbonyl (C=O) groups excluding carboxylic acids is 1. The second-order valence-electron chi connectivity index (χ2n) is 7.58. The summed E-state index contributed by atoms with van der Waals surface area (Å²) in [6, 6.07) is 25.4. The number of sulfonamides is 1. The summed E-state index contributed by atoms with van der Waals surface area (Å²) < 4.78 is 31.2. The summed E-state index contributed by atoms with van der Waals surface area (Å²) in [4.78, 5) is 11.8. The first-order valence-corrected chi connectivity index (χ1v) is 11.9. The molecule has 0 saturated heterocycles. The van der Waals surface area contributed by atoms with E-state index in [1.165, 1.54) is 17.7 Å². The van der Waals surface area contributed by atoms with Crippen LogP contribution >= 0.6 is 0 Å². The summed E-state index contributed by atoms with van der Waals surface area (Å²) in [6.45, 7) is 2.26. The fraction of sp³-hybridized carbons (Fsp3) is 0.240. The maximum absolute atomic E-state index is 12.5. The smallest absolute Gasteiger partial charge is 0.312 e. The van der Waals surface area contributed by atoms with Crippen LogP contribution in [0.2, 0.25) is 0 Å². The molecule has 0 spiro atoms. The van der Waals surface area contributed by atoms with Gasteiger partial charge in [-0.2, -0.15) is 4.31 Å². The number of methoxy groups -OCH3 is 1. The number of hydrogen-bond acceptors (Lipinski definition) is 4. The van der Waals surface area contributed by atoms with Crippen LogP contribution in [0.3, 0.4) is 0 Å². The van der Waals surface area contributed by atoms with Gasteiger partial charge in [-0.1, -0.05) is 78.9 Å². The zero-order valence-corrected chi connectivity index (χ0v) is 18.8. The second-order valence-corrected chi connectivity index (χ2v) is 9.57. The van der Waals surface area contributed by atoms with Crippen LogP contribution in [0, 0.1) is 0 Å². The lowest BCUT2D eigenvalue weighted by molar-refractivity contribution is -0.141. The minimum Gasteiger partial charge on any atom is -0.469 e. The first-order chi connectivity index (χ1) is 14.8. The maximum atomic E-state index is 12.5. The highest BCUT2D eigenvalue weighted by atomic mass is 32.2. The number of hydrogen-bond donors (Lipinski definition) is 0. The molecule has 0 aliphatic carbocycles. The lowest BCUT2D eigenvalue weighted by atomic mass is 9.99. The molecule has 1 unspecified atom stereocenters. The Kier molecular flexibility index (Phi) is 7.25. The molecule has 5 nitrogen and oxygen atoms in total. The van der Waals surface area contributed by atoms with Crippen LogP contribution in [-0.2, 0) is 32.6 Å². The van der Waals surface area contributed by atoms with E-state index in [0.717, 1.165) is 27.8 Å². The van der Waals surface area contributed by atoms with Gasteiger partial charge in [-0.05, 0) is 34.7 Å². The maximum Gasteiger partial charge on any atom is 0.312 e. The number of esters is 1. The van der Waals surface area contributed by atoms with Gasteiger partial charge < -0.3 is 4.74 Å². The van der Waals surface area contributed by atoms with Crippen molar-refractivity contribution in [3.63, 3.8) is 0 Å². The van der Waals surface area contributed by atoms with Crippen molar-refractivity contribution >= 4 is 16.0 Å². The SMILES string of the molecule is COC(=O)C(C)c1cccc(CN(Cc2ccc(-c3ccccc3)cc2)S(C)(=O)=O)c1. The molecule has 3 rings (SSSR count). The van der Waals surface area contributed by atoms with E-state index in [-0.39, 0.29) is 19.1 Å². The third kappa shape index (κ3) is 6.03. The molecule has 0 aromatic heterocycles. The van der Waals surface area contributed by atoms with Crippen LogP contribution in [0.5, 0.6) is 0 Å². The third-order valence-corrected chi connectivity index (χ3v) is 6.45. The van der Waals surface area contributed by atoms with Gasteiger partial charge in [0.15, 0.2) is 0 Å². The van der Waals surface area contributed by atoms with Crippen LogP contribution in [0.25, 0.3) is 11.1 Å². The van der Waals surface area contributed by atoms with E-state index in [4.69, 9.17) is 4.74 Å². The molecule has 0 aliphatic heterocycles. The van der Waals surface area contributed by atoms with Crippen molar-refractivity contribution in [1.29, 1.82) is 0 Å². The fourth-order valence-electron chi connectivity index (χ4n) is 3.40. The van der Waals surface area contributed by atoms with Crippen molar-refractivity contribution in [2.75, 3.05) is 13.4 Å². The molecular weight excluding hydrogens is 410 g/mol. The van der Waals surface area contributed by atoms with E-state index >= 15 is 0 Å². The van der Waals surface area contributed by atoms with Crippen LogP contribution in [0.1, 0.15) is 29.5 Å². The standard InChI is InChI=1S/C25H27NO4S/c1-19(25(27)30-2)24-11-7-8-21(16-24)18-26(31(3,28)29)17-20-12-14-23(15-13-20)22-9-5-4-6-10-22/h4-16,19H,17-18H2,1-3H3. The Morgan fingerprint density at radius 3 is 2.10 bits per heavy atom. The summed E-state index contributed by atoms with van der Waals surface area (Å²) in [5.74, 6) is -0.738. The van der Waals surface area contributed by atoms with Crippen LogP contribution in [0.15, 0.2) is 78.9 Å². The summed E-state index contributed by atoms with van der Waals surface area (Å²) in [5, 5.41) is 0. The second kappa shape index (κ2) is 9.90. The largest absolute Gasteiger partial charge is 0.469 e. The Morgan fingerprint density at radius 1 is 0.871 bits per heavy atom. The highest BCUT2D eigenvalue weighted by Gasteiger charge is 2.20.